The highest BCUT2D eigenvalue weighted by Gasteiger charge is 2.34. The number of nitrogens with one attached hydrogen (secondary N) is 2. The molecule has 1 heterocycles. The highest BCUT2D eigenvalue weighted by Crippen LogP contribution is 2.40. The van der Waals surface area contributed by atoms with Crippen LogP contribution in [-0.4, -0.2) is 39.3 Å². The van der Waals surface area contributed by atoms with Gasteiger partial charge in [0.2, 0.25) is 5.91 Å². The van der Waals surface area contributed by atoms with Crippen LogP contribution < -0.4 is 10.6 Å². The van der Waals surface area contributed by atoms with Gasteiger partial charge in [0.05, 0.1) is 5.92 Å². The van der Waals surface area contributed by atoms with Gasteiger partial charge in [0, 0.05) is 26.8 Å². The summed E-state index contributed by atoms with van der Waals surface area (Å²) in [5.41, 5.74) is 0.303. The number of rotatable bonds is 6. The van der Waals surface area contributed by atoms with Crippen molar-refractivity contribution in [3.63, 3.8) is 0 Å². The molecule has 112 valence electrons. The summed E-state index contributed by atoms with van der Waals surface area (Å²) in [5, 5.41) is 6.43. The minimum atomic E-state index is 0. The Morgan fingerprint density at radius 3 is 2.74 bits per heavy atom. The van der Waals surface area contributed by atoms with Crippen molar-refractivity contribution in [3.8, 4) is 0 Å². The van der Waals surface area contributed by atoms with Crippen LogP contribution in [0.15, 0.2) is 0 Å². The average molecular weight is 291 g/mol. The van der Waals surface area contributed by atoms with Gasteiger partial charge in [-0.25, -0.2) is 0 Å². The van der Waals surface area contributed by atoms with Crippen molar-refractivity contribution >= 4 is 18.3 Å². The Morgan fingerprint density at radius 2 is 2.16 bits per heavy atom. The van der Waals surface area contributed by atoms with Gasteiger partial charge in [-0.05, 0) is 37.6 Å². The predicted octanol–water partition coefficient (Wildman–Crippen LogP) is 1.73. The third-order valence-electron chi connectivity index (χ3n) is 4.57. The van der Waals surface area contributed by atoms with E-state index in [1.54, 1.807) is 7.11 Å². The van der Waals surface area contributed by atoms with Crippen LogP contribution in [0.2, 0.25) is 0 Å². The molecule has 19 heavy (non-hydrogen) atoms. The van der Waals surface area contributed by atoms with Gasteiger partial charge in [0.25, 0.3) is 0 Å². The molecular weight excluding hydrogens is 264 g/mol. The zero-order chi connectivity index (χ0) is 12.8. The highest BCUT2D eigenvalue weighted by molar-refractivity contribution is 5.85. The van der Waals surface area contributed by atoms with E-state index in [4.69, 9.17) is 4.74 Å². The molecular formula is C14H27ClN2O2. The highest BCUT2D eigenvalue weighted by atomic mass is 35.5. The molecule has 0 aromatic carbocycles. The molecule has 0 aromatic heterocycles. The van der Waals surface area contributed by atoms with E-state index in [-0.39, 0.29) is 24.2 Å². The molecule has 1 amide bonds. The van der Waals surface area contributed by atoms with E-state index in [2.05, 4.69) is 10.6 Å². The fourth-order valence-corrected chi connectivity index (χ4v) is 3.26. The molecule has 0 spiro atoms. The minimum absolute atomic E-state index is 0. The molecule has 5 heteroatoms. The third kappa shape index (κ3) is 4.62. The van der Waals surface area contributed by atoms with Crippen LogP contribution in [0.5, 0.6) is 0 Å². The van der Waals surface area contributed by atoms with E-state index >= 15 is 0 Å². The largest absolute Gasteiger partial charge is 0.385 e. The Balaban J connectivity index is 0.00000180. The molecule has 1 saturated heterocycles. The van der Waals surface area contributed by atoms with Crippen LogP contribution in [0.1, 0.15) is 38.5 Å². The SMILES string of the molecule is COCCC1(CNC(=O)C2CCNC2)CCCC1.Cl. The number of hydrogen-bond donors (Lipinski definition) is 2. The molecule has 4 nitrogen and oxygen atoms in total. The zero-order valence-electron chi connectivity index (χ0n) is 11.9. The monoisotopic (exact) mass is 290 g/mol. The fraction of sp³-hybridized carbons (Fsp3) is 0.929. The molecule has 0 aromatic rings. The zero-order valence-corrected chi connectivity index (χ0v) is 12.7. The van der Waals surface area contributed by atoms with Gasteiger partial charge in [-0.2, -0.15) is 0 Å². The van der Waals surface area contributed by atoms with Crippen LogP contribution in [0.25, 0.3) is 0 Å². The fourth-order valence-electron chi connectivity index (χ4n) is 3.26. The second kappa shape index (κ2) is 8.08. The molecule has 1 unspecified atom stereocenters. The first-order chi connectivity index (χ1) is 8.76. The Morgan fingerprint density at radius 1 is 1.42 bits per heavy atom. The predicted molar refractivity (Wildman–Crippen MR) is 78.6 cm³/mol. The standard InChI is InChI=1S/C14H26N2O2.ClH/c1-18-9-7-14(5-2-3-6-14)11-16-13(17)12-4-8-15-10-12;/h12,15H,2-11H2,1H3,(H,16,17);1H. The number of carbonyl (C=O) groups is 1. The van der Waals surface area contributed by atoms with Gasteiger partial charge >= 0.3 is 0 Å². The molecule has 1 atom stereocenters. The smallest absolute Gasteiger partial charge is 0.224 e. The second-order valence-electron chi connectivity index (χ2n) is 5.86. The first-order valence-corrected chi connectivity index (χ1v) is 7.23. The lowest BCUT2D eigenvalue weighted by molar-refractivity contribution is -0.125. The number of carbonyl (C=O) groups excluding carboxylic acids is 1. The molecule has 0 radical (unpaired) electrons. The van der Waals surface area contributed by atoms with Crippen molar-refractivity contribution in [2.45, 2.75) is 38.5 Å². The minimum Gasteiger partial charge on any atom is -0.385 e. The van der Waals surface area contributed by atoms with Crippen molar-refractivity contribution in [2.24, 2.45) is 11.3 Å². The van der Waals surface area contributed by atoms with Crippen molar-refractivity contribution in [1.29, 1.82) is 0 Å². The maximum absolute atomic E-state index is 12.0. The summed E-state index contributed by atoms with van der Waals surface area (Å²) in [6.07, 6.45) is 7.12. The molecule has 1 aliphatic heterocycles. The van der Waals surface area contributed by atoms with E-state index in [1.165, 1.54) is 25.7 Å². The van der Waals surface area contributed by atoms with Crippen LogP contribution in [-0.2, 0) is 9.53 Å². The number of methoxy groups -OCH3 is 1. The van der Waals surface area contributed by atoms with Crippen molar-refractivity contribution in [1.82, 2.24) is 10.6 Å². The average Bonchev–Trinajstić information content (AvgIpc) is 3.05. The molecule has 2 N–H and O–H groups in total. The first-order valence-electron chi connectivity index (χ1n) is 7.23. The van der Waals surface area contributed by atoms with Gasteiger partial charge in [-0.15, -0.1) is 12.4 Å². The summed E-state index contributed by atoms with van der Waals surface area (Å²) in [7, 11) is 1.76. The Kier molecular flexibility index (Phi) is 7.11. The molecule has 2 aliphatic rings. The number of amides is 1. The lowest BCUT2D eigenvalue weighted by Crippen LogP contribution is -2.40. The van der Waals surface area contributed by atoms with Gasteiger partial charge in [-0.3, -0.25) is 4.79 Å². The summed E-state index contributed by atoms with van der Waals surface area (Å²) in [5.74, 6) is 0.426. The van der Waals surface area contributed by atoms with E-state index in [0.29, 0.717) is 5.41 Å². The molecule has 2 fully saturated rings. The van der Waals surface area contributed by atoms with Gasteiger partial charge in [0.1, 0.15) is 0 Å². The topological polar surface area (TPSA) is 50.4 Å². The van der Waals surface area contributed by atoms with Crippen molar-refractivity contribution < 1.29 is 9.53 Å². The first kappa shape index (κ1) is 16.7. The lowest BCUT2D eigenvalue weighted by Gasteiger charge is -2.29. The molecule has 1 aliphatic carbocycles. The van der Waals surface area contributed by atoms with Crippen LogP contribution in [0.4, 0.5) is 0 Å². The number of ether oxygens (including phenoxy) is 1. The van der Waals surface area contributed by atoms with E-state index in [1.807, 2.05) is 0 Å². The normalized spacial score (nSPS) is 25.0. The Labute approximate surface area is 122 Å². The van der Waals surface area contributed by atoms with E-state index in [0.717, 1.165) is 39.1 Å². The molecule has 1 saturated carbocycles. The van der Waals surface area contributed by atoms with Crippen LogP contribution >= 0.6 is 12.4 Å². The maximum atomic E-state index is 12.0. The third-order valence-corrected chi connectivity index (χ3v) is 4.57. The van der Waals surface area contributed by atoms with Crippen molar-refractivity contribution in [2.75, 3.05) is 33.4 Å². The van der Waals surface area contributed by atoms with Gasteiger partial charge in [-0.1, -0.05) is 12.8 Å². The van der Waals surface area contributed by atoms with E-state index < -0.39 is 0 Å². The maximum Gasteiger partial charge on any atom is 0.224 e. The summed E-state index contributed by atoms with van der Waals surface area (Å²) in [4.78, 5) is 12.0. The number of hydrogen-bond acceptors (Lipinski definition) is 3. The Bertz CT molecular complexity index is 275. The summed E-state index contributed by atoms with van der Waals surface area (Å²) in [6, 6.07) is 0. The lowest BCUT2D eigenvalue weighted by atomic mass is 9.82. The van der Waals surface area contributed by atoms with E-state index in [9.17, 15) is 4.79 Å². The summed E-state index contributed by atoms with van der Waals surface area (Å²) < 4.78 is 5.21. The van der Waals surface area contributed by atoms with Crippen LogP contribution in [0, 0.1) is 11.3 Å². The van der Waals surface area contributed by atoms with Crippen LogP contribution in [0.3, 0.4) is 0 Å². The van der Waals surface area contributed by atoms with Crippen molar-refractivity contribution in [3.05, 3.63) is 0 Å². The quantitative estimate of drug-likeness (QED) is 0.783. The Hall–Kier alpha value is -0.320. The molecule has 2 rings (SSSR count). The number of halogens is 1. The van der Waals surface area contributed by atoms with Gasteiger partial charge < -0.3 is 15.4 Å². The summed E-state index contributed by atoms with van der Waals surface area (Å²) in [6.45, 7) is 3.47. The second-order valence-corrected chi connectivity index (χ2v) is 5.86. The molecule has 0 bridgehead atoms. The summed E-state index contributed by atoms with van der Waals surface area (Å²) >= 11 is 0. The van der Waals surface area contributed by atoms with Gasteiger partial charge in [0.15, 0.2) is 0 Å².